The maximum absolute atomic E-state index is 12.4. The fourth-order valence-corrected chi connectivity index (χ4v) is 3.38. The lowest BCUT2D eigenvalue weighted by atomic mass is 10.1. The van der Waals surface area contributed by atoms with Crippen molar-refractivity contribution in [2.45, 2.75) is 26.2 Å². The SMILES string of the molecule is CCCCOC(=O)c1ccc(N2C[C@@H](C(=O)OCC(=O)c3ccc(Cl)cc3)CC2=O)cc1. The summed E-state index contributed by atoms with van der Waals surface area (Å²) in [4.78, 5) is 50.4. The average Bonchev–Trinajstić information content (AvgIpc) is 3.19. The van der Waals surface area contributed by atoms with Crippen LogP contribution in [0.3, 0.4) is 0 Å². The Balaban J connectivity index is 1.53. The summed E-state index contributed by atoms with van der Waals surface area (Å²) in [6.07, 6.45) is 1.73. The Labute approximate surface area is 191 Å². The van der Waals surface area contributed by atoms with E-state index in [4.69, 9.17) is 21.1 Å². The first-order chi connectivity index (χ1) is 15.4. The van der Waals surface area contributed by atoms with Crippen LogP contribution in [0, 0.1) is 5.92 Å². The van der Waals surface area contributed by atoms with E-state index in [2.05, 4.69) is 0 Å². The Morgan fingerprint density at radius 3 is 2.31 bits per heavy atom. The van der Waals surface area contributed by atoms with E-state index in [0.29, 0.717) is 28.4 Å². The van der Waals surface area contributed by atoms with Gasteiger partial charge in [-0.2, -0.15) is 0 Å². The van der Waals surface area contributed by atoms with Crippen LogP contribution in [0.1, 0.15) is 46.9 Å². The summed E-state index contributed by atoms with van der Waals surface area (Å²) in [7, 11) is 0. The van der Waals surface area contributed by atoms with Crippen LogP contribution >= 0.6 is 11.6 Å². The molecule has 1 saturated heterocycles. The van der Waals surface area contributed by atoms with Gasteiger partial charge in [0.05, 0.1) is 18.1 Å². The van der Waals surface area contributed by atoms with E-state index in [9.17, 15) is 19.2 Å². The van der Waals surface area contributed by atoms with E-state index in [-0.39, 0.29) is 24.7 Å². The van der Waals surface area contributed by atoms with Crippen molar-refractivity contribution in [2.75, 3.05) is 24.7 Å². The number of hydrogen-bond acceptors (Lipinski definition) is 6. The highest BCUT2D eigenvalue weighted by atomic mass is 35.5. The van der Waals surface area contributed by atoms with Crippen LogP contribution in [0.4, 0.5) is 5.69 Å². The third-order valence-corrected chi connectivity index (χ3v) is 5.37. The number of esters is 2. The zero-order valence-electron chi connectivity index (χ0n) is 17.7. The third kappa shape index (κ3) is 5.95. The van der Waals surface area contributed by atoms with E-state index >= 15 is 0 Å². The average molecular weight is 458 g/mol. The second-order valence-electron chi connectivity index (χ2n) is 7.48. The normalized spacial score (nSPS) is 15.5. The largest absolute Gasteiger partial charge is 0.462 e. The van der Waals surface area contributed by atoms with Gasteiger partial charge in [-0.15, -0.1) is 0 Å². The number of ketones is 1. The van der Waals surface area contributed by atoms with Crippen molar-refractivity contribution in [3.8, 4) is 0 Å². The lowest BCUT2D eigenvalue weighted by Gasteiger charge is -2.17. The van der Waals surface area contributed by atoms with Gasteiger partial charge in [-0.1, -0.05) is 24.9 Å². The second-order valence-corrected chi connectivity index (χ2v) is 7.92. The molecule has 0 bridgehead atoms. The van der Waals surface area contributed by atoms with E-state index in [1.165, 1.54) is 4.90 Å². The second kappa shape index (κ2) is 10.9. The van der Waals surface area contributed by atoms with Gasteiger partial charge in [0.15, 0.2) is 12.4 Å². The number of halogens is 1. The zero-order valence-corrected chi connectivity index (χ0v) is 18.5. The summed E-state index contributed by atoms with van der Waals surface area (Å²) in [6.45, 7) is 2.12. The zero-order chi connectivity index (χ0) is 23.1. The van der Waals surface area contributed by atoms with Crippen molar-refractivity contribution in [1.29, 1.82) is 0 Å². The molecule has 0 spiro atoms. The van der Waals surface area contributed by atoms with Crippen LogP contribution in [-0.2, 0) is 19.1 Å². The molecule has 8 heteroatoms. The first kappa shape index (κ1) is 23.5. The molecule has 0 aliphatic carbocycles. The molecular weight excluding hydrogens is 434 g/mol. The van der Waals surface area contributed by atoms with Crippen molar-refractivity contribution in [1.82, 2.24) is 0 Å². The van der Waals surface area contributed by atoms with Crippen LogP contribution in [-0.4, -0.2) is 43.4 Å². The highest BCUT2D eigenvalue weighted by molar-refractivity contribution is 6.30. The van der Waals surface area contributed by atoms with Gasteiger partial charge in [-0.05, 0) is 55.0 Å². The number of rotatable bonds is 9. The van der Waals surface area contributed by atoms with Crippen LogP contribution in [0.15, 0.2) is 48.5 Å². The fraction of sp³-hybridized carbons (Fsp3) is 0.333. The number of benzene rings is 2. The van der Waals surface area contributed by atoms with E-state index in [0.717, 1.165) is 12.8 Å². The number of unbranched alkanes of at least 4 members (excludes halogenated alkanes) is 1. The molecule has 1 aliphatic heterocycles. The number of ether oxygens (including phenoxy) is 2. The fourth-order valence-electron chi connectivity index (χ4n) is 3.26. The summed E-state index contributed by atoms with van der Waals surface area (Å²) in [5.41, 5.74) is 1.36. The minimum atomic E-state index is -0.667. The molecule has 0 N–H and O–H groups in total. The Morgan fingerprint density at radius 1 is 1.00 bits per heavy atom. The molecule has 2 aromatic carbocycles. The number of amides is 1. The van der Waals surface area contributed by atoms with Gasteiger partial charge in [-0.3, -0.25) is 14.4 Å². The summed E-state index contributed by atoms with van der Waals surface area (Å²) in [6, 6.07) is 12.8. The predicted molar refractivity (Wildman–Crippen MR) is 119 cm³/mol. The number of nitrogens with zero attached hydrogens (tertiary/aromatic N) is 1. The number of Topliss-reactive ketones (excluding diaryl/α,β-unsaturated/α-hetero) is 1. The molecule has 0 unspecified atom stereocenters. The first-order valence-electron chi connectivity index (χ1n) is 10.4. The smallest absolute Gasteiger partial charge is 0.338 e. The van der Waals surface area contributed by atoms with Crippen molar-refractivity contribution in [3.63, 3.8) is 0 Å². The Kier molecular flexibility index (Phi) is 8.00. The molecule has 0 radical (unpaired) electrons. The van der Waals surface area contributed by atoms with Crippen LogP contribution in [0.25, 0.3) is 0 Å². The highest BCUT2D eigenvalue weighted by Gasteiger charge is 2.36. The maximum Gasteiger partial charge on any atom is 0.338 e. The van der Waals surface area contributed by atoms with E-state index < -0.39 is 24.5 Å². The number of carbonyl (C=O) groups is 4. The standard InChI is InChI=1S/C24H24ClNO6/c1-2-3-12-31-23(29)17-6-10-20(11-7-17)26-14-18(13-22(26)28)24(30)32-15-21(27)16-4-8-19(25)9-5-16/h4-11,18H,2-3,12-15H2,1H3/t18-/m0/s1. The molecule has 0 aromatic heterocycles. The molecule has 1 amide bonds. The predicted octanol–water partition coefficient (Wildman–Crippen LogP) is 4.08. The van der Waals surface area contributed by atoms with Gasteiger partial charge in [0, 0.05) is 29.2 Å². The van der Waals surface area contributed by atoms with E-state index in [1.807, 2.05) is 6.92 Å². The summed E-state index contributed by atoms with van der Waals surface area (Å²) < 4.78 is 10.3. The van der Waals surface area contributed by atoms with Crippen LogP contribution < -0.4 is 4.90 Å². The summed E-state index contributed by atoms with van der Waals surface area (Å²) in [5.74, 6) is -2.25. The molecule has 1 aliphatic rings. The molecule has 168 valence electrons. The number of hydrogen-bond donors (Lipinski definition) is 0. The molecule has 1 heterocycles. The maximum atomic E-state index is 12.4. The Bertz CT molecular complexity index is 987. The van der Waals surface area contributed by atoms with Gasteiger partial charge in [-0.25, -0.2) is 4.79 Å². The molecular formula is C24H24ClNO6. The minimum Gasteiger partial charge on any atom is -0.462 e. The monoisotopic (exact) mass is 457 g/mol. The number of carbonyl (C=O) groups excluding carboxylic acids is 4. The van der Waals surface area contributed by atoms with Crippen molar-refractivity contribution < 1.29 is 28.7 Å². The van der Waals surface area contributed by atoms with Crippen molar-refractivity contribution >= 4 is 40.9 Å². The molecule has 3 rings (SSSR count). The molecule has 1 fully saturated rings. The van der Waals surface area contributed by atoms with Crippen molar-refractivity contribution in [3.05, 3.63) is 64.7 Å². The van der Waals surface area contributed by atoms with Gasteiger partial charge < -0.3 is 14.4 Å². The van der Waals surface area contributed by atoms with E-state index in [1.54, 1.807) is 48.5 Å². The van der Waals surface area contributed by atoms with Gasteiger partial charge in [0.2, 0.25) is 5.91 Å². The van der Waals surface area contributed by atoms with Gasteiger partial charge >= 0.3 is 11.9 Å². The van der Waals surface area contributed by atoms with Gasteiger partial charge in [0.1, 0.15) is 0 Å². The molecule has 0 saturated carbocycles. The molecule has 7 nitrogen and oxygen atoms in total. The topological polar surface area (TPSA) is 90.0 Å². The van der Waals surface area contributed by atoms with Crippen LogP contribution in [0.2, 0.25) is 5.02 Å². The Hall–Kier alpha value is -3.19. The summed E-state index contributed by atoms with van der Waals surface area (Å²) in [5, 5.41) is 0.504. The molecule has 1 atom stereocenters. The third-order valence-electron chi connectivity index (χ3n) is 5.12. The Morgan fingerprint density at radius 2 is 1.66 bits per heavy atom. The highest BCUT2D eigenvalue weighted by Crippen LogP contribution is 2.26. The number of anilines is 1. The minimum absolute atomic E-state index is 0.00518. The van der Waals surface area contributed by atoms with Crippen molar-refractivity contribution in [2.24, 2.45) is 5.92 Å². The van der Waals surface area contributed by atoms with Gasteiger partial charge in [0.25, 0.3) is 0 Å². The molecule has 32 heavy (non-hydrogen) atoms. The summed E-state index contributed by atoms with van der Waals surface area (Å²) >= 11 is 5.80. The first-order valence-corrected chi connectivity index (χ1v) is 10.8. The molecule has 2 aromatic rings. The lowest BCUT2D eigenvalue weighted by molar-refractivity contribution is -0.147. The quantitative estimate of drug-likeness (QED) is 0.320. The van der Waals surface area contributed by atoms with Crippen LogP contribution in [0.5, 0.6) is 0 Å². The lowest BCUT2D eigenvalue weighted by Crippen LogP contribution is -2.27.